The molecule has 11 heteroatoms. The van der Waals surface area contributed by atoms with Gasteiger partial charge < -0.3 is 25.2 Å². The topological polar surface area (TPSA) is 141 Å². The number of carboxylic acids is 1. The van der Waals surface area contributed by atoms with Gasteiger partial charge in [-0.15, -0.1) is 5.10 Å². The largest absolute Gasteiger partial charge is 0.493 e. The van der Waals surface area contributed by atoms with Crippen LogP contribution < -0.4 is 15.5 Å². The third-order valence-corrected chi connectivity index (χ3v) is 4.19. The third-order valence-electron chi connectivity index (χ3n) is 3.11. The van der Waals surface area contributed by atoms with Crippen molar-refractivity contribution in [3.05, 3.63) is 23.8 Å². The van der Waals surface area contributed by atoms with Crippen molar-refractivity contribution < 1.29 is 29.5 Å². The van der Waals surface area contributed by atoms with E-state index in [1.165, 1.54) is 18.3 Å². The predicted molar refractivity (Wildman–Crippen MR) is 94.2 cm³/mol. The molecule has 9 nitrogen and oxygen atoms in total. The number of carboxylic acid groups (broad SMARTS) is 1. The maximum atomic E-state index is 11.6. The van der Waals surface area contributed by atoms with Crippen LogP contribution in [0.1, 0.15) is 18.9 Å². The maximum absolute atomic E-state index is 11.6. The minimum absolute atomic E-state index is 0.198. The van der Waals surface area contributed by atoms with Crippen LogP contribution in [0.3, 0.4) is 0 Å². The van der Waals surface area contributed by atoms with Gasteiger partial charge in [-0.05, 0) is 24.5 Å². The summed E-state index contributed by atoms with van der Waals surface area (Å²) in [4.78, 5) is 22.3. The Kier molecular flexibility index (Phi) is 6.56. The summed E-state index contributed by atoms with van der Waals surface area (Å²) in [5.74, 6) is -1.01. The summed E-state index contributed by atoms with van der Waals surface area (Å²) in [7, 11) is -1.63. The van der Waals surface area contributed by atoms with Gasteiger partial charge in [0.05, 0.1) is 19.2 Å². The number of ether oxygens (including phenoxy) is 1. The van der Waals surface area contributed by atoms with Gasteiger partial charge in [-0.1, -0.05) is 17.8 Å². The zero-order chi connectivity index (χ0) is 18.4. The first-order chi connectivity index (χ1) is 11.9. The highest BCUT2D eigenvalue weighted by atomic mass is 32.2. The molecule has 4 N–H and O–H groups in total. The Morgan fingerprint density at radius 3 is 2.88 bits per heavy atom. The van der Waals surface area contributed by atoms with Gasteiger partial charge >= 0.3 is 13.1 Å². The van der Waals surface area contributed by atoms with E-state index in [1.807, 2.05) is 6.92 Å². The molecule has 1 amide bonds. The lowest BCUT2D eigenvalue weighted by Gasteiger charge is -2.08. The Morgan fingerprint density at radius 1 is 1.48 bits per heavy atom. The maximum Gasteiger partial charge on any atom is 0.488 e. The number of aliphatic carboxylic acids is 1. The zero-order valence-electron chi connectivity index (χ0n) is 13.2. The highest BCUT2D eigenvalue weighted by Gasteiger charge is 2.32. The van der Waals surface area contributed by atoms with Crippen LogP contribution in [0.2, 0.25) is 0 Å². The van der Waals surface area contributed by atoms with Crippen molar-refractivity contribution in [2.75, 3.05) is 6.61 Å². The average molecular weight is 365 g/mol. The molecule has 1 atom stereocenters. The molecule has 132 valence electrons. The number of amides is 1. The lowest BCUT2D eigenvalue weighted by atomic mass is 9.79. The van der Waals surface area contributed by atoms with Gasteiger partial charge in [-0.25, -0.2) is 0 Å². The smallest absolute Gasteiger partial charge is 0.488 e. The molecule has 2 rings (SSSR count). The molecule has 0 aliphatic carbocycles. The highest BCUT2D eigenvalue weighted by molar-refractivity contribution is 8.15. The van der Waals surface area contributed by atoms with E-state index in [-0.39, 0.29) is 17.1 Å². The fourth-order valence-corrected chi connectivity index (χ4v) is 2.92. The molecule has 1 saturated heterocycles. The van der Waals surface area contributed by atoms with Crippen molar-refractivity contribution in [1.82, 2.24) is 5.32 Å². The number of amidine groups is 1. The molecule has 1 fully saturated rings. The van der Waals surface area contributed by atoms with E-state index in [4.69, 9.17) is 9.84 Å². The van der Waals surface area contributed by atoms with Gasteiger partial charge in [0, 0.05) is 5.56 Å². The van der Waals surface area contributed by atoms with Crippen molar-refractivity contribution in [1.29, 1.82) is 0 Å². The molecule has 1 aromatic carbocycles. The summed E-state index contributed by atoms with van der Waals surface area (Å²) >= 11 is 0.988. The molecule has 0 spiro atoms. The monoisotopic (exact) mass is 365 g/mol. The van der Waals surface area contributed by atoms with Crippen molar-refractivity contribution in [3.63, 3.8) is 0 Å². The molecule has 1 aliphatic rings. The number of carbonyl (C=O) groups is 2. The van der Waals surface area contributed by atoms with Crippen LogP contribution in [0.25, 0.3) is 0 Å². The number of thioether (sulfide) groups is 1. The first kappa shape index (κ1) is 19.0. The third kappa shape index (κ3) is 5.31. The predicted octanol–water partition coefficient (Wildman–Crippen LogP) is -0.839. The van der Waals surface area contributed by atoms with E-state index in [9.17, 15) is 19.6 Å². The summed E-state index contributed by atoms with van der Waals surface area (Å²) in [6.45, 7) is 2.22. The van der Waals surface area contributed by atoms with E-state index in [2.05, 4.69) is 15.5 Å². The van der Waals surface area contributed by atoms with E-state index in [1.54, 1.807) is 6.07 Å². The number of carbonyl (C=O) groups excluding carboxylic acids is 1. The Hall–Kier alpha value is -2.37. The second-order valence-corrected chi connectivity index (χ2v) is 6.14. The van der Waals surface area contributed by atoms with Crippen molar-refractivity contribution in [3.8, 4) is 5.75 Å². The Balaban J connectivity index is 2.14. The first-order valence-corrected chi connectivity index (χ1v) is 8.22. The number of nitrogens with one attached hydrogen (secondary N) is 1. The Morgan fingerprint density at radius 2 is 2.24 bits per heavy atom. The Bertz CT molecular complexity index is 725. The molecule has 0 bridgehead atoms. The molecular weight excluding hydrogens is 349 g/mol. The van der Waals surface area contributed by atoms with Crippen LogP contribution in [0.15, 0.2) is 28.4 Å². The van der Waals surface area contributed by atoms with Crippen LogP contribution in [0.5, 0.6) is 5.75 Å². The van der Waals surface area contributed by atoms with Crippen LogP contribution in [0.4, 0.5) is 0 Å². The van der Waals surface area contributed by atoms with Crippen molar-refractivity contribution in [2.24, 2.45) is 10.2 Å². The molecule has 0 aromatic heterocycles. The zero-order valence-corrected chi connectivity index (χ0v) is 14.1. The normalized spacial score (nSPS) is 18.6. The summed E-state index contributed by atoms with van der Waals surface area (Å²) in [5.41, 5.74) is 0.746. The van der Waals surface area contributed by atoms with E-state index in [0.29, 0.717) is 17.9 Å². The number of hydrogen-bond acceptors (Lipinski definition) is 8. The fourth-order valence-electron chi connectivity index (χ4n) is 2.00. The lowest BCUT2D eigenvalue weighted by Crippen LogP contribution is -2.30. The van der Waals surface area contributed by atoms with E-state index < -0.39 is 24.2 Å². The summed E-state index contributed by atoms with van der Waals surface area (Å²) in [5, 5.41) is 36.8. The van der Waals surface area contributed by atoms with Gasteiger partial charge in [0.2, 0.25) is 5.91 Å². The molecule has 1 heterocycles. The van der Waals surface area contributed by atoms with Crippen LogP contribution >= 0.6 is 11.8 Å². The van der Waals surface area contributed by atoms with E-state index >= 15 is 0 Å². The minimum Gasteiger partial charge on any atom is -0.493 e. The SMILES string of the molecule is CCOc1ccc(B(O)O)cc1C=NN=C1NC(=O)C(CC(=O)O)S1. The Labute approximate surface area is 147 Å². The van der Waals surface area contributed by atoms with Crippen molar-refractivity contribution in [2.45, 2.75) is 18.6 Å². The molecular formula is C14H16BN3O6S. The second-order valence-electron chi connectivity index (χ2n) is 4.95. The molecule has 1 aliphatic heterocycles. The van der Waals surface area contributed by atoms with Gasteiger partial charge in [-0.3, -0.25) is 9.59 Å². The molecule has 0 saturated carbocycles. The van der Waals surface area contributed by atoms with Gasteiger partial charge in [-0.2, -0.15) is 5.10 Å². The summed E-state index contributed by atoms with van der Waals surface area (Å²) in [6.07, 6.45) is 1.05. The molecule has 1 aromatic rings. The molecule has 25 heavy (non-hydrogen) atoms. The summed E-state index contributed by atoms with van der Waals surface area (Å²) < 4.78 is 5.43. The quantitative estimate of drug-likeness (QED) is 0.281. The van der Waals surface area contributed by atoms with Crippen LogP contribution in [0, 0.1) is 0 Å². The number of nitrogens with zero attached hydrogens (tertiary/aromatic N) is 2. The van der Waals surface area contributed by atoms with Gasteiger partial charge in [0.25, 0.3) is 0 Å². The molecule has 0 radical (unpaired) electrons. The molecule has 1 unspecified atom stereocenters. The minimum atomic E-state index is -1.63. The number of benzene rings is 1. The fraction of sp³-hybridized carbons (Fsp3) is 0.286. The second kappa shape index (κ2) is 8.65. The van der Waals surface area contributed by atoms with Crippen LogP contribution in [-0.2, 0) is 9.59 Å². The van der Waals surface area contributed by atoms with Gasteiger partial charge in [0.15, 0.2) is 5.17 Å². The van der Waals surface area contributed by atoms with E-state index in [0.717, 1.165) is 11.8 Å². The lowest BCUT2D eigenvalue weighted by molar-refractivity contribution is -0.138. The van der Waals surface area contributed by atoms with Crippen molar-refractivity contribution >= 4 is 47.6 Å². The standard InChI is InChI=1S/C14H16BN3O6S/c1-2-24-10-4-3-9(15(22)23)5-8(10)7-16-18-14-17-13(21)11(25-14)6-12(19)20/h3-5,7,11,22-23H,2,6H2,1H3,(H,19,20)(H,17,18,21). The van der Waals surface area contributed by atoms with Crippen LogP contribution in [-0.4, -0.2) is 57.4 Å². The first-order valence-electron chi connectivity index (χ1n) is 7.34. The number of rotatable bonds is 7. The summed E-state index contributed by atoms with van der Waals surface area (Å²) in [6, 6.07) is 4.59. The van der Waals surface area contributed by atoms with Gasteiger partial charge in [0.1, 0.15) is 11.0 Å². The highest BCUT2D eigenvalue weighted by Crippen LogP contribution is 2.22. The average Bonchev–Trinajstić information content (AvgIpc) is 2.88. The number of hydrogen-bond donors (Lipinski definition) is 4.